The number of para-hydroxylation sites is 1. The normalized spacial score (nSPS) is 13.5. The molecule has 0 fully saturated rings. The lowest BCUT2D eigenvalue weighted by Gasteiger charge is -2.26. The molecule has 1 heterocycles. The Morgan fingerprint density at radius 3 is 2.60 bits per heavy atom. The summed E-state index contributed by atoms with van der Waals surface area (Å²) >= 11 is 0. The molecular weight excluding hydrogens is 255 g/mol. The van der Waals surface area contributed by atoms with Crippen LogP contribution in [-0.4, -0.2) is 19.6 Å². The zero-order valence-electron chi connectivity index (χ0n) is 11.2. The van der Waals surface area contributed by atoms with E-state index in [1.165, 1.54) is 12.1 Å². The van der Waals surface area contributed by atoms with Gasteiger partial charge in [-0.05, 0) is 35.9 Å². The second-order valence-corrected chi connectivity index (χ2v) is 4.94. The molecule has 102 valence electrons. The standard InChI is InChI=1S/C16H15FN2O/c1-18(14-8-6-13(17)7-9-14)11-19-15-5-3-2-4-12(15)10-16(19)20/h2-9H,10-11H2,1H3. The first kappa shape index (κ1) is 12.7. The van der Waals surface area contributed by atoms with Crippen LogP contribution in [0.4, 0.5) is 15.8 Å². The first-order valence-electron chi connectivity index (χ1n) is 6.50. The van der Waals surface area contributed by atoms with Gasteiger partial charge >= 0.3 is 0 Å². The third-order valence-electron chi connectivity index (χ3n) is 3.55. The Morgan fingerprint density at radius 1 is 1.15 bits per heavy atom. The number of anilines is 2. The molecule has 1 aliphatic rings. The Morgan fingerprint density at radius 2 is 1.85 bits per heavy atom. The van der Waals surface area contributed by atoms with Crippen molar-refractivity contribution in [3.8, 4) is 0 Å². The predicted molar refractivity (Wildman–Crippen MR) is 77.3 cm³/mol. The zero-order chi connectivity index (χ0) is 14.1. The third-order valence-corrected chi connectivity index (χ3v) is 3.55. The number of benzene rings is 2. The summed E-state index contributed by atoms with van der Waals surface area (Å²) in [5, 5.41) is 0. The number of carbonyl (C=O) groups excluding carboxylic acids is 1. The maximum absolute atomic E-state index is 12.9. The lowest BCUT2D eigenvalue weighted by Crippen LogP contribution is -2.37. The Hall–Kier alpha value is -2.36. The van der Waals surface area contributed by atoms with Crippen LogP contribution in [0.3, 0.4) is 0 Å². The van der Waals surface area contributed by atoms with Gasteiger partial charge in [-0.25, -0.2) is 4.39 Å². The number of fused-ring (bicyclic) bond motifs is 1. The van der Waals surface area contributed by atoms with E-state index in [1.54, 1.807) is 17.0 Å². The van der Waals surface area contributed by atoms with E-state index < -0.39 is 0 Å². The van der Waals surface area contributed by atoms with Crippen molar-refractivity contribution in [2.75, 3.05) is 23.5 Å². The molecule has 0 saturated heterocycles. The highest BCUT2D eigenvalue weighted by atomic mass is 19.1. The fraction of sp³-hybridized carbons (Fsp3) is 0.188. The van der Waals surface area contributed by atoms with Crippen LogP contribution in [0.5, 0.6) is 0 Å². The molecule has 3 nitrogen and oxygen atoms in total. The van der Waals surface area contributed by atoms with Gasteiger partial charge in [-0.2, -0.15) is 0 Å². The van der Waals surface area contributed by atoms with Crippen LogP contribution in [-0.2, 0) is 11.2 Å². The van der Waals surface area contributed by atoms with Crippen LogP contribution < -0.4 is 9.80 Å². The Kier molecular flexibility index (Phi) is 3.14. The lowest BCUT2D eigenvalue weighted by molar-refractivity contribution is -0.117. The Balaban J connectivity index is 1.81. The molecule has 2 aromatic rings. The molecule has 0 spiro atoms. The molecular formula is C16H15FN2O. The van der Waals surface area contributed by atoms with Gasteiger partial charge in [0.2, 0.25) is 5.91 Å². The van der Waals surface area contributed by atoms with E-state index in [0.717, 1.165) is 16.9 Å². The molecule has 0 bridgehead atoms. The zero-order valence-corrected chi connectivity index (χ0v) is 11.2. The molecule has 3 rings (SSSR count). The van der Waals surface area contributed by atoms with Crippen LogP contribution >= 0.6 is 0 Å². The summed E-state index contributed by atoms with van der Waals surface area (Å²) in [7, 11) is 1.89. The van der Waals surface area contributed by atoms with Crippen LogP contribution in [0.2, 0.25) is 0 Å². The molecule has 0 aliphatic carbocycles. The topological polar surface area (TPSA) is 23.6 Å². The number of rotatable bonds is 3. The lowest BCUT2D eigenvalue weighted by atomic mass is 10.2. The molecule has 1 aliphatic heterocycles. The monoisotopic (exact) mass is 270 g/mol. The molecule has 0 radical (unpaired) electrons. The Bertz CT molecular complexity index is 639. The second-order valence-electron chi connectivity index (χ2n) is 4.94. The summed E-state index contributed by atoms with van der Waals surface area (Å²) in [6, 6.07) is 14.1. The summed E-state index contributed by atoms with van der Waals surface area (Å²) in [5.74, 6) is -0.162. The van der Waals surface area contributed by atoms with Crippen molar-refractivity contribution in [3.05, 3.63) is 59.9 Å². The molecule has 4 heteroatoms. The van der Waals surface area contributed by atoms with Crippen LogP contribution in [0.25, 0.3) is 0 Å². The fourth-order valence-electron chi connectivity index (χ4n) is 2.46. The minimum Gasteiger partial charge on any atom is -0.356 e. The number of hydrogen-bond acceptors (Lipinski definition) is 2. The summed E-state index contributed by atoms with van der Waals surface area (Å²) in [6.07, 6.45) is 0.452. The Labute approximate surface area is 117 Å². The first-order chi connectivity index (χ1) is 9.65. The van der Waals surface area contributed by atoms with Crippen molar-refractivity contribution < 1.29 is 9.18 Å². The molecule has 0 unspecified atom stereocenters. The number of halogens is 1. The average molecular weight is 270 g/mol. The van der Waals surface area contributed by atoms with Gasteiger partial charge in [-0.15, -0.1) is 0 Å². The van der Waals surface area contributed by atoms with Gasteiger partial charge in [0.1, 0.15) is 5.82 Å². The SMILES string of the molecule is CN(CN1C(=O)Cc2ccccc21)c1ccc(F)cc1. The van der Waals surface area contributed by atoms with Crippen molar-refractivity contribution in [2.24, 2.45) is 0 Å². The maximum Gasteiger partial charge on any atom is 0.232 e. The number of hydrogen-bond donors (Lipinski definition) is 0. The highest BCUT2D eigenvalue weighted by Crippen LogP contribution is 2.29. The van der Waals surface area contributed by atoms with Gasteiger partial charge in [-0.1, -0.05) is 18.2 Å². The largest absolute Gasteiger partial charge is 0.356 e. The quantitative estimate of drug-likeness (QED) is 0.856. The second kappa shape index (κ2) is 4.96. The summed E-state index contributed by atoms with van der Waals surface area (Å²) in [5.41, 5.74) is 2.90. The van der Waals surface area contributed by atoms with Crippen molar-refractivity contribution in [2.45, 2.75) is 6.42 Å². The van der Waals surface area contributed by atoms with Crippen LogP contribution in [0.15, 0.2) is 48.5 Å². The van der Waals surface area contributed by atoms with Gasteiger partial charge in [0.25, 0.3) is 0 Å². The van der Waals surface area contributed by atoms with E-state index >= 15 is 0 Å². The molecule has 1 amide bonds. The van der Waals surface area contributed by atoms with Crippen LogP contribution in [0, 0.1) is 5.82 Å². The van der Waals surface area contributed by atoms with Gasteiger partial charge in [0.05, 0.1) is 13.1 Å². The van der Waals surface area contributed by atoms with Crippen molar-refractivity contribution in [1.29, 1.82) is 0 Å². The summed E-state index contributed by atoms with van der Waals surface area (Å²) < 4.78 is 12.9. The minimum atomic E-state index is -0.259. The van der Waals surface area contributed by atoms with Gasteiger partial charge < -0.3 is 4.90 Å². The van der Waals surface area contributed by atoms with E-state index in [9.17, 15) is 9.18 Å². The minimum absolute atomic E-state index is 0.0974. The molecule has 20 heavy (non-hydrogen) atoms. The highest BCUT2D eigenvalue weighted by Gasteiger charge is 2.27. The van der Waals surface area contributed by atoms with Gasteiger partial charge in [0.15, 0.2) is 0 Å². The summed E-state index contributed by atoms with van der Waals surface area (Å²) in [4.78, 5) is 15.8. The van der Waals surface area contributed by atoms with Gasteiger partial charge in [0, 0.05) is 18.4 Å². The van der Waals surface area contributed by atoms with E-state index in [1.807, 2.05) is 36.2 Å². The number of nitrogens with zero attached hydrogens (tertiary/aromatic N) is 2. The fourth-order valence-corrected chi connectivity index (χ4v) is 2.46. The molecule has 0 saturated carbocycles. The number of amides is 1. The van der Waals surface area contributed by atoms with Crippen LogP contribution in [0.1, 0.15) is 5.56 Å². The van der Waals surface area contributed by atoms with E-state index in [0.29, 0.717) is 13.1 Å². The molecule has 0 aromatic heterocycles. The number of carbonyl (C=O) groups is 1. The summed E-state index contributed by atoms with van der Waals surface area (Å²) in [6.45, 7) is 0.460. The van der Waals surface area contributed by atoms with E-state index in [4.69, 9.17) is 0 Å². The van der Waals surface area contributed by atoms with Crippen molar-refractivity contribution in [1.82, 2.24) is 0 Å². The predicted octanol–water partition coefficient (Wildman–Crippen LogP) is 2.81. The molecule has 0 N–H and O–H groups in total. The first-order valence-corrected chi connectivity index (χ1v) is 6.50. The molecule has 0 atom stereocenters. The van der Waals surface area contributed by atoms with E-state index in [-0.39, 0.29) is 11.7 Å². The highest BCUT2D eigenvalue weighted by molar-refractivity contribution is 6.01. The molecule has 2 aromatic carbocycles. The van der Waals surface area contributed by atoms with Gasteiger partial charge in [-0.3, -0.25) is 9.69 Å². The van der Waals surface area contributed by atoms with Crippen molar-refractivity contribution in [3.63, 3.8) is 0 Å². The maximum atomic E-state index is 12.9. The smallest absolute Gasteiger partial charge is 0.232 e. The third kappa shape index (κ3) is 2.25. The average Bonchev–Trinajstić information content (AvgIpc) is 2.76. The van der Waals surface area contributed by atoms with E-state index in [2.05, 4.69) is 0 Å². The van der Waals surface area contributed by atoms with Crippen molar-refractivity contribution >= 4 is 17.3 Å².